The van der Waals surface area contributed by atoms with Crippen LogP contribution in [0, 0.1) is 18.8 Å². The Kier molecular flexibility index (Phi) is 6.16. The number of piperidine rings is 1. The first kappa shape index (κ1) is 23.6. The van der Waals surface area contributed by atoms with Crippen molar-refractivity contribution in [1.29, 1.82) is 0 Å². The molecule has 3 aromatic rings. The van der Waals surface area contributed by atoms with Gasteiger partial charge in [0.05, 0.1) is 11.1 Å². The summed E-state index contributed by atoms with van der Waals surface area (Å²) >= 11 is 0. The second-order valence-corrected chi connectivity index (χ2v) is 11.4. The van der Waals surface area contributed by atoms with Crippen LogP contribution in [0.4, 0.5) is 5.82 Å². The summed E-state index contributed by atoms with van der Waals surface area (Å²) in [5.74, 6) is 2.61. The number of amides is 1. The van der Waals surface area contributed by atoms with Crippen LogP contribution in [-0.4, -0.2) is 39.1 Å². The van der Waals surface area contributed by atoms with E-state index in [1.54, 1.807) is 12.1 Å². The standard InChI is InChI=1S/C29H36N4O2/c1-18-13-14-21-23(15-18)30-26(22-11-7-8-12-25(22)34)31-27(21)33-17-20-10-6-5-9-19(20)16-24(33)28(35)32-29(2,3)4/h7-8,11-15,19-20,24,34H,5-6,9-10,16-17H2,1-4H3,(H,32,35)/t19-,20+,24+/m1/s1. The summed E-state index contributed by atoms with van der Waals surface area (Å²) < 4.78 is 0. The van der Waals surface area contributed by atoms with Gasteiger partial charge in [0.25, 0.3) is 0 Å². The van der Waals surface area contributed by atoms with Gasteiger partial charge in [-0.1, -0.05) is 37.5 Å². The van der Waals surface area contributed by atoms with Gasteiger partial charge in [0.1, 0.15) is 17.6 Å². The van der Waals surface area contributed by atoms with Gasteiger partial charge in [-0.25, -0.2) is 9.97 Å². The molecule has 0 spiro atoms. The highest BCUT2D eigenvalue weighted by Crippen LogP contribution is 2.42. The lowest BCUT2D eigenvalue weighted by atomic mass is 9.72. The Morgan fingerprint density at radius 1 is 1.06 bits per heavy atom. The zero-order valence-electron chi connectivity index (χ0n) is 21.2. The second-order valence-electron chi connectivity index (χ2n) is 11.4. The molecule has 2 heterocycles. The third-order valence-corrected chi connectivity index (χ3v) is 7.45. The molecule has 6 nitrogen and oxygen atoms in total. The summed E-state index contributed by atoms with van der Waals surface area (Å²) in [4.78, 5) is 25.7. The number of aromatic nitrogens is 2. The number of fused-ring (bicyclic) bond motifs is 2. The molecule has 0 bridgehead atoms. The van der Waals surface area contributed by atoms with Crippen LogP contribution in [0.25, 0.3) is 22.3 Å². The largest absolute Gasteiger partial charge is 0.507 e. The first-order chi connectivity index (χ1) is 16.7. The molecular formula is C29H36N4O2. The summed E-state index contributed by atoms with van der Waals surface area (Å²) in [5.41, 5.74) is 2.23. The van der Waals surface area contributed by atoms with Crippen LogP contribution in [0.5, 0.6) is 5.75 Å². The molecule has 1 saturated carbocycles. The predicted molar refractivity (Wildman–Crippen MR) is 140 cm³/mol. The molecule has 2 N–H and O–H groups in total. The van der Waals surface area contributed by atoms with E-state index >= 15 is 0 Å². The van der Waals surface area contributed by atoms with E-state index in [0.29, 0.717) is 23.2 Å². The molecule has 0 radical (unpaired) electrons. The van der Waals surface area contributed by atoms with Crippen LogP contribution in [0.15, 0.2) is 42.5 Å². The Morgan fingerprint density at radius 2 is 1.80 bits per heavy atom. The average Bonchev–Trinajstić information content (AvgIpc) is 2.81. The number of hydrogen-bond acceptors (Lipinski definition) is 5. The van der Waals surface area contributed by atoms with Gasteiger partial charge in [-0.05, 0) is 82.2 Å². The lowest BCUT2D eigenvalue weighted by molar-refractivity contribution is -0.125. The summed E-state index contributed by atoms with van der Waals surface area (Å²) in [5, 5.41) is 14.7. The number of phenolic OH excluding ortho intramolecular Hbond substituents is 1. The Bertz CT molecular complexity index is 1250. The van der Waals surface area contributed by atoms with E-state index in [9.17, 15) is 9.90 Å². The fourth-order valence-electron chi connectivity index (χ4n) is 5.79. The van der Waals surface area contributed by atoms with Crippen molar-refractivity contribution in [2.45, 2.75) is 71.4 Å². The van der Waals surface area contributed by atoms with Crippen LogP contribution in [0.1, 0.15) is 58.4 Å². The summed E-state index contributed by atoms with van der Waals surface area (Å²) in [6.07, 6.45) is 5.74. The summed E-state index contributed by atoms with van der Waals surface area (Å²) in [6, 6.07) is 13.1. The minimum atomic E-state index is -0.308. The highest BCUT2D eigenvalue weighted by Gasteiger charge is 2.41. The number of benzene rings is 2. The van der Waals surface area contributed by atoms with Gasteiger partial charge in [-0.15, -0.1) is 0 Å². The first-order valence-corrected chi connectivity index (χ1v) is 12.8. The highest BCUT2D eigenvalue weighted by atomic mass is 16.3. The number of anilines is 1. The van der Waals surface area contributed by atoms with Crippen LogP contribution in [0.3, 0.4) is 0 Å². The number of nitrogens with zero attached hydrogens (tertiary/aromatic N) is 3. The molecule has 1 aliphatic heterocycles. The summed E-state index contributed by atoms with van der Waals surface area (Å²) in [6.45, 7) is 8.95. The Morgan fingerprint density at radius 3 is 2.54 bits per heavy atom. The van der Waals surface area contributed by atoms with Gasteiger partial charge in [0.15, 0.2) is 5.82 Å². The van der Waals surface area contributed by atoms with Crippen molar-refractivity contribution in [2.24, 2.45) is 11.8 Å². The maximum Gasteiger partial charge on any atom is 0.243 e. The first-order valence-electron chi connectivity index (χ1n) is 12.8. The number of para-hydroxylation sites is 1. The number of nitrogens with one attached hydrogen (secondary N) is 1. The molecule has 3 atom stereocenters. The molecule has 1 aromatic heterocycles. The Labute approximate surface area is 207 Å². The van der Waals surface area contributed by atoms with E-state index in [4.69, 9.17) is 9.97 Å². The van der Waals surface area contributed by atoms with Crippen molar-refractivity contribution in [3.05, 3.63) is 48.0 Å². The van der Waals surface area contributed by atoms with Crippen molar-refractivity contribution in [3.63, 3.8) is 0 Å². The molecule has 1 saturated heterocycles. The number of phenols is 1. The number of hydrogen-bond donors (Lipinski definition) is 2. The minimum absolute atomic E-state index is 0.0597. The fraction of sp³-hybridized carbons (Fsp3) is 0.483. The number of rotatable bonds is 3. The Hall–Kier alpha value is -3.15. The molecular weight excluding hydrogens is 436 g/mol. The molecule has 2 aliphatic rings. The maximum atomic E-state index is 13.6. The van der Waals surface area contributed by atoms with E-state index in [1.165, 1.54) is 25.7 Å². The molecule has 0 unspecified atom stereocenters. The Balaban J connectivity index is 1.66. The van der Waals surface area contributed by atoms with E-state index in [2.05, 4.69) is 28.4 Å². The molecule has 2 fully saturated rings. The lowest BCUT2D eigenvalue weighted by Crippen LogP contribution is -2.58. The normalized spacial score (nSPS) is 22.6. The zero-order valence-corrected chi connectivity index (χ0v) is 21.2. The van der Waals surface area contributed by atoms with Crippen molar-refractivity contribution in [2.75, 3.05) is 11.4 Å². The SMILES string of the molecule is Cc1ccc2c(N3C[C@@H]4CCCC[C@@H]4C[C@H]3C(=O)NC(C)(C)C)nc(-c3ccccc3O)nc2c1. The van der Waals surface area contributed by atoms with Crippen LogP contribution >= 0.6 is 0 Å². The molecule has 6 heteroatoms. The van der Waals surface area contributed by atoms with Crippen LogP contribution in [0.2, 0.25) is 0 Å². The van der Waals surface area contributed by atoms with Crippen LogP contribution in [-0.2, 0) is 4.79 Å². The third-order valence-electron chi connectivity index (χ3n) is 7.45. The topological polar surface area (TPSA) is 78.4 Å². The van der Waals surface area contributed by atoms with E-state index in [-0.39, 0.29) is 23.2 Å². The van der Waals surface area contributed by atoms with E-state index in [0.717, 1.165) is 35.2 Å². The zero-order chi connectivity index (χ0) is 24.7. The molecule has 184 valence electrons. The van der Waals surface area contributed by atoms with Gasteiger partial charge in [0, 0.05) is 17.5 Å². The molecule has 5 rings (SSSR count). The van der Waals surface area contributed by atoms with Crippen molar-refractivity contribution in [3.8, 4) is 17.1 Å². The maximum absolute atomic E-state index is 13.6. The minimum Gasteiger partial charge on any atom is -0.507 e. The smallest absolute Gasteiger partial charge is 0.243 e. The lowest BCUT2D eigenvalue weighted by Gasteiger charge is -2.46. The van der Waals surface area contributed by atoms with Crippen molar-refractivity contribution >= 4 is 22.6 Å². The summed E-state index contributed by atoms with van der Waals surface area (Å²) in [7, 11) is 0. The second kappa shape index (κ2) is 9.14. The van der Waals surface area contributed by atoms with Gasteiger partial charge in [0.2, 0.25) is 5.91 Å². The number of aryl methyl sites for hydroxylation is 1. The van der Waals surface area contributed by atoms with Gasteiger partial charge in [-0.2, -0.15) is 0 Å². The number of carbonyl (C=O) groups excluding carboxylic acids is 1. The number of aromatic hydroxyl groups is 1. The van der Waals surface area contributed by atoms with Crippen molar-refractivity contribution < 1.29 is 9.90 Å². The van der Waals surface area contributed by atoms with E-state index in [1.807, 2.05) is 39.8 Å². The molecule has 2 aromatic carbocycles. The molecule has 1 amide bonds. The monoisotopic (exact) mass is 472 g/mol. The average molecular weight is 473 g/mol. The van der Waals surface area contributed by atoms with Gasteiger partial charge < -0.3 is 15.3 Å². The molecule has 35 heavy (non-hydrogen) atoms. The van der Waals surface area contributed by atoms with Crippen LogP contribution < -0.4 is 10.2 Å². The van der Waals surface area contributed by atoms with Gasteiger partial charge in [-0.3, -0.25) is 4.79 Å². The third kappa shape index (κ3) is 4.84. The highest BCUT2D eigenvalue weighted by molar-refractivity contribution is 5.95. The number of carbonyl (C=O) groups is 1. The van der Waals surface area contributed by atoms with Gasteiger partial charge >= 0.3 is 0 Å². The van der Waals surface area contributed by atoms with E-state index < -0.39 is 0 Å². The van der Waals surface area contributed by atoms with Crippen molar-refractivity contribution in [1.82, 2.24) is 15.3 Å². The quantitative estimate of drug-likeness (QED) is 0.518. The predicted octanol–water partition coefficient (Wildman–Crippen LogP) is 5.61. The fourth-order valence-corrected chi connectivity index (χ4v) is 5.79. The molecule has 1 aliphatic carbocycles.